The number of sulfonamides is 1. The fourth-order valence-corrected chi connectivity index (χ4v) is 3.49. The number of ether oxygens (including phenoxy) is 1. The number of anilines is 1. The summed E-state index contributed by atoms with van der Waals surface area (Å²) in [5, 5.41) is 4.09. The van der Waals surface area contributed by atoms with Gasteiger partial charge in [-0.25, -0.2) is 27.5 Å². The van der Waals surface area contributed by atoms with Gasteiger partial charge in [0.05, 0.1) is 28.7 Å². The Morgan fingerprint density at radius 3 is 2.34 bits per heavy atom. The maximum atomic E-state index is 13.6. The molecule has 0 spiro atoms. The Kier molecular flexibility index (Phi) is 4.92. The zero-order valence-corrected chi connectivity index (χ0v) is 15.6. The van der Waals surface area contributed by atoms with Crippen LogP contribution in [0.15, 0.2) is 84.3 Å². The number of rotatable bonds is 6. The third kappa shape index (κ3) is 4.22. The number of aromatic nitrogens is 4. The highest BCUT2D eigenvalue weighted by molar-refractivity contribution is 7.92. The molecule has 4 rings (SSSR count). The van der Waals surface area contributed by atoms with Crippen molar-refractivity contribution in [2.75, 3.05) is 4.72 Å². The lowest BCUT2D eigenvalue weighted by atomic mass is 10.3. The summed E-state index contributed by atoms with van der Waals surface area (Å²) in [4.78, 5) is 7.87. The largest absolute Gasteiger partial charge is 0.421 e. The number of para-hydroxylation sites is 1. The summed E-state index contributed by atoms with van der Waals surface area (Å²) >= 11 is 0. The molecule has 0 amide bonds. The molecule has 0 aliphatic heterocycles. The molecule has 10 heteroatoms. The molecule has 2 heterocycles. The zero-order chi connectivity index (χ0) is 20.3. The topological polar surface area (TPSA) is 99.0 Å². The number of nitrogens with zero attached hydrogens (tertiary/aromatic N) is 4. The first-order chi connectivity index (χ1) is 14.0. The molecule has 146 valence electrons. The van der Waals surface area contributed by atoms with Crippen LogP contribution in [0.5, 0.6) is 11.8 Å². The highest BCUT2D eigenvalue weighted by atomic mass is 32.2. The third-order valence-electron chi connectivity index (χ3n) is 3.83. The second kappa shape index (κ2) is 7.68. The lowest BCUT2D eigenvalue weighted by Crippen LogP contribution is -2.13. The summed E-state index contributed by atoms with van der Waals surface area (Å²) in [7, 11) is -3.84. The molecule has 0 aliphatic rings. The van der Waals surface area contributed by atoms with E-state index in [0.29, 0.717) is 0 Å². The summed E-state index contributed by atoms with van der Waals surface area (Å²) in [5.41, 5.74) is 0.869. The van der Waals surface area contributed by atoms with E-state index in [0.717, 1.165) is 5.69 Å². The first-order valence-corrected chi connectivity index (χ1v) is 9.87. The van der Waals surface area contributed by atoms with E-state index < -0.39 is 15.8 Å². The molecule has 0 bridgehead atoms. The monoisotopic (exact) mass is 411 g/mol. The van der Waals surface area contributed by atoms with Crippen LogP contribution < -0.4 is 9.46 Å². The summed E-state index contributed by atoms with van der Waals surface area (Å²) in [5.74, 6) is -0.586. The van der Waals surface area contributed by atoms with E-state index in [1.165, 1.54) is 42.7 Å². The molecule has 29 heavy (non-hydrogen) atoms. The summed E-state index contributed by atoms with van der Waals surface area (Å²) < 4.78 is 48.0. The summed E-state index contributed by atoms with van der Waals surface area (Å²) in [6.45, 7) is 0. The molecule has 0 radical (unpaired) electrons. The van der Waals surface area contributed by atoms with Gasteiger partial charge < -0.3 is 4.74 Å². The zero-order valence-electron chi connectivity index (χ0n) is 14.8. The van der Waals surface area contributed by atoms with Crippen LogP contribution in [0.1, 0.15) is 0 Å². The van der Waals surface area contributed by atoms with Gasteiger partial charge in [-0.15, -0.1) is 0 Å². The number of hydrogen-bond donors (Lipinski definition) is 1. The van der Waals surface area contributed by atoms with E-state index in [2.05, 4.69) is 19.8 Å². The maximum Gasteiger partial charge on any atom is 0.322 e. The van der Waals surface area contributed by atoms with Crippen molar-refractivity contribution in [1.82, 2.24) is 19.7 Å². The van der Waals surface area contributed by atoms with Crippen molar-refractivity contribution in [2.24, 2.45) is 0 Å². The van der Waals surface area contributed by atoms with Crippen molar-refractivity contribution in [3.63, 3.8) is 0 Å². The summed E-state index contributed by atoms with van der Waals surface area (Å²) in [6.07, 6.45) is 5.85. The van der Waals surface area contributed by atoms with E-state index in [-0.39, 0.29) is 22.3 Å². The molecular formula is C19H14FN5O3S. The van der Waals surface area contributed by atoms with Gasteiger partial charge in [-0.3, -0.25) is 4.72 Å². The normalized spacial score (nSPS) is 11.2. The first-order valence-electron chi connectivity index (χ1n) is 8.39. The molecule has 8 nitrogen and oxygen atoms in total. The van der Waals surface area contributed by atoms with Crippen molar-refractivity contribution in [1.29, 1.82) is 0 Å². The maximum absolute atomic E-state index is 13.6. The molecule has 0 fully saturated rings. The second-order valence-corrected chi connectivity index (χ2v) is 7.52. The van der Waals surface area contributed by atoms with Crippen molar-refractivity contribution < 1.29 is 17.5 Å². The predicted octanol–water partition coefficient (Wildman–Crippen LogP) is 3.39. The van der Waals surface area contributed by atoms with Crippen molar-refractivity contribution >= 4 is 15.7 Å². The quantitative estimate of drug-likeness (QED) is 0.522. The van der Waals surface area contributed by atoms with Crippen molar-refractivity contribution in [2.45, 2.75) is 4.90 Å². The van der Waals surface area contributed by atoms with Crippen molar-refractivity contribution in [3.8, 4) is 17.4 Å². The number of nitrogens with one attached hydrogen (secondary N) is 1. The van der Waals surface area contributed by atoms with E-state index in [9.17, 15) is 12.8 Å². The molecule has 2 aromatic carbocycles. The highest BCUT2D eigenvalue weighted by Crippen LogP contribution is 2.22. The smallest absolute Gasteiger partial charge is 0.322 e. The van der Waals surface area contributed by atoms with Crippen LogP contribution in [0.4, 0.5) is 10.1 Å². The van der Waals surface area contributed by atoms with Gasteiger partial charge in [0.25, 0.3) is 10.0 Å². The lowest BCUT2D eigenvalue weighted by molar-refractivity contribution is 0.411. The van der Waals surface area contributed by atoms with Gasteiger partial charge in [0.2, 0.25) is 0 Å². The average Bonchev–Trinajstić information content (AvgIpc) is 3.26. The molecule has 0 unspecified atom stereocenters. The van der Waals surface area contributed by atoms with Crippen LogP contribution in [0.3, 0.4) is 0 Å². The van der Waals surface area contributed by atoms with Crippen LogP contribution in [-0.2, 0) is 10.0 Å². The van der Waals surface area contributed by atoms with Gasteiger partial charge in [0.15, 0.2) is 11.6 Å². The predicted molar refractivity (Wildman–Crippen MR) is 103 cm³/mol. The Bertz CT molecular complexity index is 1210. The Hall–Kier alpha value is -3.79. The van der Waals surface area contributed by atoms with Crippen LogP contribution in [0.25, 0.3) is 5.69 Å². The minimum Gasteiger partial charge on any atom is -0.421 e. The standard InChI is InChI=1S/C19H14FN5O3S/c20-17-4-1-2-5-18(17)28-19-21-12-14(13-22-19)24-29(26,27)16-8-6-15(7-9-16)25-11-3-10-23-25/h1-13,24H. The molecular weight excluding hydrogens is 397 g/mol. The number of hydrogen-bond acceptors (Lipinski definition) is 6. The van der Waals surface area contributed by atoms with Crippen LogP contribution in [-0.4, -0.2) is 28.2 Å². The van der Waals surface area contributed by atoms with Crippen LogP contribution >= 0.6 is 0 Å². The lowest BCUT2D eigenvalue weighted by Gasteiger charge is -2.09. The minimum absolute atomic E-state index is 0.0295. The van der Waals surface area contributed by atoms with Gasteiger partial charge in [-0.05, 0) is 42.5 Å². The minimum atomic E-state index is -3.84. The number of benzene rings is 2. The molecule has 0 saturated heterocycles. The van der Waals surface area contributed by atoms with Gasteiger partial charge in [0.1, 0.15) is 0 Å². The van der Waals surface area contributed by atoms with Gasteiger partial charge in [0, 0.05) is 12.4 Å². The SMILES string of the molecule is O=S(=O)(Nc1cnc(Oc2ccccc2F)nc1)c1ccc(-n2cccn2)cc1. The Balaban J connectivity index is 1.47. The second-order valence-electron chi connectivity index (χ2n) is 5.84. The average molecular weight is 411 g/mol. The molecule has 2 aromatic heterocycles. The molecule has 4 aromatic rings. The van der Waals surface area contributed by atoms with Crippen molar-refractivity contribution in [3.05, 3.63) is 85.2 Å². The first kappa shape index (κ1) is 18.6. The molecule has 1 N–H and O–H groups in total. The molecule has 0 aliphatic carbocycles. The van der Waals surface area contributed by atoms with Gasteiger partial charge >= 0.3 is 6.01 Å². The van der Waals surface area contributed by atoms with E-state index in [1.807, 2.05) is 0 Å². The summed E-state index contributed by atoms with van der Waals surface area (Å²) in [6, 6.07) is 13.7. The van der Waals surface area contributed by atoms with Gasteiger partial charge in [-0.1, -0.05) is 12.1 Å². The highest BCUT2D eigenvalue weighted by Gasteiger charge is 2.15. The Morgan fingerprint density at radius 1 is 0.966 bits per heavy atom. The Labute approximate surface area is 165 Å². The fraction of sp³-hybridized carbons (Fsp3) is 0. The molecule has 0 atom stereocenters. The number of halogens is 1. The van der Waals surface area contributed by atoms with Crippen LogP contribution in [0.2, 0.25) is 0 Å². The Morgan fingerprint density at radius 2 is 1.69 bits per heavy atom. The third-order valence-corrected chi connectivity index (χ3v) is 5.23. The fourth-order valence-electron chi connectivity index (χ4n) is 2.46. The van der Waals surface area contributed by atoms with E-state index >= 15 is 0 Å². The molecule has 0 saturated carbocycles. The van der Waals surface area contributed by atoms with E-state index in [1.54, 1.807) is 41.3 Å². The van der Waals surface area contributed by atoms with Gasteiger partial charge in [-0.2, -0.15) is 5.10 Å². The van der Waals surface area contributed by atoms with E-state index in [4.69, 9.17) is 4.74 Å². The van der Waals surface area contributed by atoms with Crippen LogP contribution in [0, 0.1) is 5.82 Å².